The van der Waals surface area contributed by atoms with Gasteiger partial charge in [0.25, 0.3) is 0 Å². The molecular weight excluding hydrogens is 198 g/mol. The molecule has 0 aromatic carbocycles. The summed E-state index contributed by atoms with van der Waals surface area (Å²) in [6, 6.07) is -0.0891. The maximum absolute atomic E-state index is 10.9. The lowest BCUT2D eigenvalue weighted by Crippen LogP contribution is -2.43. The number of nitrogens with zero attached hydrogens (tertiary/aromatic N) is 1. The van der Waals surface area contributed by atoms with Crippen molar-refractivity contribution in [1.29, 1.82) is 0 Å². The lowest BCUT2D eigenvalue weighted by Gasteiger charge is -2.28. The molecule has 1 aliphatic heterocycles. The Balaban J connectivity index is 2.47. The molecule has 0 N–H and O–H groups in total. The predicted molar refractivity (Wildman–Crippen MR) is 40.9 cm³/mol. The van der Waals surface area contributed by atoms with Gasteiger partial charge in [-0.1, -0.05) is 0 Å². The van der Waals surface area contributed by atoms with Crippen LogP contribution < -0.4 is 0 Å². The summed E-state index contributed by atoms with van der Waals surface area (Å²) in [7, 11) is 0. The highest BCUT2D eigenvalue weighted by Crippen LogP contribution is 2.11. The fraction of sp³-hybridized carbons (Fsp3) is 0.833. The van der Waals surface area contributed by atoms with E-state index >= 15 is 0 Å². The van der Waals surface area contributed by atoms with Crippen molar-refractivity contribution in [3.05, 3.63) is 0 Å². The molecule has 1 saturated heterocycles. The molecule has 1 heterocycles. The Hall–Kier alpha value is 0.0700. The van der Waals surface area contributed by atoms with Gasteiger partial charge in [0, 0.05) is 22.7 Å². The highest BCUT2D eigenvalue weighted by molar-refractivity contribution is 9.07. The summed E-state index contributed by atoms with van der Waals surface area (Å²) in [5.74, 6) is 0.150. The second kappa shape index (κ2) is 3.46. The molecule has 0 aromatic heterocycles. The van der Waals surface area contributed by atoms with Crippen molar-refractivity contribution in [3.8, 4) is 0 Å². The number of ketones is 1. The summed E-state index contributed by atoms with van der Waals surface area (Å²) in [4.78, 5) is 10.9. The molecule has 1 unspecified atom stereocenters. The molecule has 4 heteroatoms. The van der Waals surface area contributed by atoms with Crippen molar-refractivity contribution in [2.24, 2.45) is 0 Å². The monoisotopic (exact) mass is 207 g/mol. The predicted octanol–water partition coefficient (Wildman–Crippen LogP) is 0.586. The first kappa shape index (κ1) is 8.17. The van der Waals surface area contributed by atoms with Crippen molar-refractivity contribution >= 4 is 21.9 Å². The largest absolute Gasteiger partial charge is 0.378 e. The summed E-state index contributed by atoms with van der Waals surface area (Å²) < 4.78 is 6.97. The van der Waals surface area contributed by atoms with Gasteiger partial charge in [-0.3, -0.25) is 4.79 Å². The minimum atomic E-state index is -0.0891. The van der Waals surface area contributed by atoms with Crippen LogP contribution in [0.1, 0.15) is 6.92 Å². The molecule has 0 radical (unpaired) electrons. The lowest BCUT2D eigenvalue weighted by atomic mass is 10.2. The van der Waals surface area contributed by atoms with Crippen LogP contribution in [-0.2, 0) is 9.53 Å². The number of hydrogen-bond acceptors (Lipinski definition) is 3. The quantitative estimate of drug-likeness (QED) is 0.590. The molecule has 1 fully saturated rings. The van der Waals surface area contributed by atoms with Crippen molar-refractivity contribution in [2.75, 3.05) is 19.8 Å². The van der Waals surface area contributed by atoms with E-state index in [2.05, 4.69) is 16.1 Å². The van der Waals surface area contributed by atoms with Crippen LogP contribution in [0.4, 0.5) is 0 Å². The molecule has 1 rings (SSSR count). The van der Waals surface area contributed by atoms with Crippen LogP contribution in [0.2, 0.25) is 0 Å². The molecule has 0 aromatic rings. The normalized spacial score (nSPS) is 28.4. The third-order valence-electron chi connectivity index (χ3n) is 1.53. The van der Waals surface area contributed by atoms with Crippen molar-refractivity contribution in [3.63, 3.8) is 0 Å². The van der Waals surface area contributed by atoms with E-state index in [1.807, 2.05) is 3.93 Å². The van der Waals surface area contributed by atoms with Crippen LogP contribution in [0.5, 0.6) is 0 Å². The molecule has 1 atom stereocenters. The molecule has 0 amide bonds. The van der Waals surface area contributed by atoms with Crippen LogP contribution in [0, 0.1) is 0 Å². The SMILES string of the molecule is CC(=O)C1COCCN1Br. The van der Waals surface area contributed by atoms with Gasteiger partial charge in [0.2, 0.25) is 0 Å². The standard InChI is InChI=1S/C6H10BrNO2/c1-5(9)6-4-10-3-2-8(6)7/h6H,2-4H2,1H3. The van der Waals surface area contributed by atoms with Crippen molar-refractivity contribution < 1.29 is 9.53 Å². The van der Waals surface area contributed by atoms with Crippen molar-refractivity contribution in [2.45, 2.75) is 13.0 Å². The average Bonchev–Trinajstić information content (AvgIpc) is 1.88. The Morgan fingerprint density at radius 2 is 2.50 bits per heavy atom. The Bertz CT molecular complexity index is 140. The smallest absolute Gasteiger partial charge is 0.150 e. The van der Waals surface area contributed by atoms with Gasteiger partial charge >= 0.3 is 0 Å². The second-order valence-electron chi connectivity index (χ2n) is 2.32. The Morgan fingerprint density at radius 3 is 2.90 bits per heavy atom. The van der Waals surface area contributed by atoms with Gasteiger partial charge in [-0.25, -0.2) is 3.93 Å². The molecule has 0 spiro atoms. The summed E-state index contributed by atoms with van der Waals surface area (Å²) in [6.45, 7) is 3.58. The maximum Gasteiger partial charge on any atom is 0.150 e. The zero-order chi connectivity index (χ0) is 7.56. The number of ether oxygens (including phenoxy) is 1. The van der Waals surface area contributed by atoms with Crippen LogP contribution in [0.3, 0.4) is 0 Å². The highest BCUT2D eigenvalue weighted by atomic mass is 79.9. The van der Waals surface area contributed by atoms with Crippen molar-refractivity contribution in [1.82, 2.24) is 3.93 Å². The Labute approximate surface area is 68.7 Å². The summed E-state index contributed by atoms with van der Waals surface area (Å²) >= 11 is 3.29. The zero-order valence-corrected chi connectivity index (χ0v) is 7.43. The Morgan fingerprint density at radius 1 is 1.80 bits per heavy atom. The van der Waals surface area contributed by atoms with Gasteiger partial charge in [0.15, 0.2) is 0 Å². The van der Waals surface area contributed by atoms with E-state index < -0.39 is 0 Å². The van der Waals surface area contributed by atoms with Gasteiger partial charge in [-0.2, -0.15) is 0 Å². The first-order valence-electron chi connectivity index (χ1n) is 3.22. The van der Waals surface area contributed by atoms with Crippen LogP contribution in [0.25, 0.3) is 0 Å². The number of halogens is 1. The van der Waals surface area contributed by atoms with E-state index in [1.165, 1.54) is 0 Å². The average molecular weight is 208 g/mol. The minimum Gasteiger partial charge on any atom is -0.378 e. The van der Waals surface area contributed by atoms with E-state index in [0.29, 0.717) is 13.2 Å². The van der Waals surface area contributed by atoms with E-state index in [1.54, 1.807) is 6.92 Å². The van der Waals surface area contributed by atoms with E-state index in [4.69, 9.17) is 4.74 Å². The molecule has 0 aliphatic carbocycles. The molecule has 0 saturated carbocycles. The number of Topliss-reactive ketones (excluding diaryl/α,β-unsaturated/α-hetero) is 1. The van der Waals surface area contributed by atoms with Gasteiger partial charge in [-0.05, 0) is 6.92 Å². The third-order valence-corrected chi connectivity index (χ3v) is 2.38. The second-order valence-corrected chi connectivity index (χ2v) is 3.24. The zero-order valence-electron chi connectivity index (χ0n) is 5.84. The molecule has 1 aliphatic rings. The van der Waals surface area contributed by atoms with Crippen LogP contribution in [-0.4, -0.2) is 35.5 Å². The fourth-order valence-corrected chi connectivity index (χ4v) is 1.45. The van der Waals surface area contributed by atoms with Crippen LogP contribution >= 0.6 is 16.1 Å². The van der Waals surface area contributed by atoms with Crippen LogP contribution in [0.15, 0.2) is 0 Å². The molecule has 58 valence electrons. The molecule has 3 nitrogen and oxygen atoms in total. The third kappa shape index (κ3) is 1.78. The molecule has 0 bridgehead atoms. The number of hydrogen-bond donors (Lipinski definition) is 0. The summed E-state index contributed by atoms with van der Waals surface area (Å²) in [5, 5.41) is 0. The first-order chi connectivity index (χ1) is 4.72. The summed E-state index contributed by atoms with van der Waals surface area (Å²) in [5.41, 5.74) is 0. The number of rotatable bonds is 1. The van der Waals surface area contributed by atoms with Gasteiger partial charge in [-0.15, -0.1) is 0 Å². The lowest BCUT2D eigenvalue weighted by molar-refractivity contribution is -0.124. The molecule has 10 heavy (non-hydrogen) atoms. The van der Waals surface area contributed by atoms with E-state index in [0.717, 1.165) is 6.54 Å². The minimum absolute atomic E-state index is 0.0891. The first-order valence-corrected chi connectivity index (χ1v) is 3.93. The van der Waals surface area contributed by atoms with E-state index in [-0.39, 0.29) is 11.8 Å². The number of carbonyl (C=O) groups is 1. The fourth-order valence-electron chi connectivity index (χ4n) is 0.898. The number of morpholine rings is 1. The highest BCUT2D eigenvalue weighted by Gasteiger charge is 2.24. The number of carbonyl (C=O) groups excluding carboxylic acids is 1. The Kier molecular flexibility index (Phi) is 2.82. The maximum atomic E-state index is 10.9. The topological polar surface area (TPSA) is 29.5 Å². The summed E-state index contributed by atoms with van der Waals surface area (Å²) in [6.07, 6.45) is 0. The molecular formula is C6H10BrNO2. The van der Waals surface area contributed by atoms with Gasteiger partial charge < -0.3 is 4.74 Å². The van der Waals surface area contributed by atoms with Gasteiger partial charge in [0.1, 0.15) is 11.8 Å². The van der Waals surface area contributed by atoms with Gasteiger partial charge in [0.05, 0.1) is 13.2 Å². The van der Waals surface area contributed by atoms with E-state index in [9.17, 15) is 4.79 Å².